The minimum absolute atomic E-state index is 0.0238. The summed E-state index contributed by atoms with van der Waals surface area (Å²) in [5, 5.41) is 9.39. The van der Waals surface area contributed by atoms with Gasteiger partial charge in [0.1, 0.15) is 23.1 Å². The molecule has 43 heavy (non-hydrogen) atoms. The quantitative estimate of drug-likeness (QED) is 0.208. The summed E-state index contributed by atoms with van der Waals surface area (Å²) in [4.78, 5) is 50.2. The molecule has 1 atom stereocenters. The SMILES string of the molecule is C=C(F)/C=C(\C=C/CN1CCN(c2nc3c(cc2F)c(=O)c(C(=O)O)cn3C2CC2)CC1)N1C[C@H](CN=C(N)N)OC1=O. The highest BCUT2D eigenvalue weighted by atomic mass is 19.1. The van der Waals surface area contributed by atoms with Gasteiger partial charge in [-0.05, 0) is 31.1 Å². The third kappa shape index (κ3) is 6.66. The Morgan fingerprint density at radius 1 is 1.23 bits per heavy atom. The molecule has 1 amide bonds. The van der Waals surface area contributed by atoms with Crippen LogP contribution in [0.25, 0.3) is 11.0 Å². The van der Waals surface area contributed by atoms with Crippen LogP contribution < -0.4 is 21.8 Å². The van der Waals surface area contributed by atoms with Gasteiger partial charge in [-0.25, -0.2) is 28.3 Å². The Hall–Kier alpha value is -4.79. The fourth-order valence-corrected chi connectivity index (χ4v) is 5.12. The molecule has 3 fully saturated rings. The molecule has 4 heterocycles. The first kappa shape index (κ1) is 29.7. The first-order chi connectivity index (χ1) is 20.5. The number of carbonyl (C=O) groups excluding carboxylic acids is 1. The number of hydrogen-bond donors (Lipinski definition) is 3. The van der Waals surface area contributed by atoms with Crippen LogP contribution in [0.3, 0.4) is 0 Å². The van der Waals surface area contributed by atoms with Crippen LogP contribution in [0.1, 0.15) is 29.2 Å². The van der Waals surface area contributed by atoms with Gasteiger partial charge in [0.25, 0.3) is 0 Å². The maximum atomic E-state index is 15.2. The van der Waals surface area contributed by atoms with Gasteiger partial charge in [0.2, 0.25) is 5.43 Å². The second-order valence-corrected chi connectivity index (χ2v) is 10.6. The molecule has 0 spiro atoms. The van der Waals surface area contributed by atoms with E-state index in [9.17, 15) is 23.9 Å². The fourth-order valence-electron chi connectivity index (χ4n) is 5.12. The number of nitrogens with zero attached hydrogens (tertiary/aromatic N) is 6. The molecule has 5 rings (SSSR count). The predicted molar refractivity (Wildman–Crippen MR) is 155 cm³/mol. The summed E-state index contributed by atoms with van der Waals surface area (Å²) in [6.07, 6.45) is 6.23. The van der Waals surface area contributed by atoms with Gasteiger partial charge in [-0.2, -0.15) is 0 Å². The van der Waals surface area contributed by atoms with Crippen LogP contribution >= 0.6 is 0 Å². The average molecular weight is 599 g/mol. The fraction of sp³-hybridized carbons (Fsp3) is 0.393. The van der Waals surface area contributed by atoms with Gasteiger partial charge in [-0.3, -0.25) is 14.6 Å². The van der Waals surface area contributed by atoms with Crippen molar-refractivity contribution in [3.63, 3.8) is 0 Å². The van der Waals surface area contributed by atoms with Crippen LogP contribution in [0.15, 0.2) is 58.4 Å². The Morgan fingerprint density at radius 2 is 1.95 bits per heavy atom. The molecule has 1 saturated carbocycles. The number of aromatic nitrogens is 2. The molecule has 2 aromatic rings. The number of piperazine rings is 1. The number of pyridine rings is 2. The third-order valence-electron chi connectivity index (χ3n) is 7.40. The molecule has 0 bridgehead atoms. The van der Waals surface area contributed by atoms with E-state index < -0.39 is 40.8 Å². The van der Waals surface area contributed by atoms with Gasteiger partial charge in [-0.1, -0.05) is 12.7 Å². The van der Waals surface area contributed by atoms with Crippen LogP contribution in [0.4, 0.5) is 19.4 Å². The van der Waals surface area contributed by atoms with Gasteiger partial charge >= 0.3 is 12.1 Å². The molecule has 5 N–H and O–H groups in total. The van der Waals surface area contributed by atoms with Crippen LogP contribution in [-0.2, 0) is 4.74 Å². The van der Waals surface area contributed by atoms with Crippen molar-refractivity contribution >= 4 is 34.9 Å². The summed E-state index contributed by atoms with van der Waals surface area (Å²) in [5.74, 6) is -2.81. The predicted octanol–water partition coefficient (Wildman–Crippen LogP) is 1.71. The minimum atomic E-state index is -1.36. The van der Waals surface area contributed by atoms with E-state index in [1.165, 1.54) is 11.1 Å². The van der Waals surface area contributed by atoms with Gasteiger partial charge in [0.15, 0.2) is 17.6 Å². The molecule has 2 aromatic heterocycles. The molecular weight excluding hydrogens is 566 g/mol. The number of anilines is 1. The number of nitrogens with two attached hydrogens (primary N) is 2. The normalized spacial score (nSPS) is 19.7. The van der Waals surface area contributed by atoms with Crippen molar-refractivity contribution in [3.8, 4) is 0 Å². The zero-order valence-electron chi connectivity index (χ0n) is 23.3. The maximum Gasteiger partial charge on any atom is 0.414 e. The zero-order valence-corrected chi connectivity index (χ0v) is 23.3. The number of ether oxygens (including phenoxy) is 1. The second kappa shape index (κ2) is 12.2. The van der Waals surface area contributed by atoms with Crippen molar-refractivity contribution in [2.75, 3.05) is 50.7 Å². The van der Waals surface area contributed by atoms with Crippen molar-refractivity contribution in [2.45, 2.75) is 25.0 Å². The number of guanidine groups is 1. The number of amides is 1. The summed E-state index contributed by atoms with van der Waals surface area (Å²) < 4.78 is 35.9. The van der Waals surface area contributed by atoms with E-state index in [-0.39, 0.29) is 47.6 Å². The van der Waals surface area contributed by atoms with Gasteiger partial charge in [0, 0.05) is 50.7 Å². The van der Waals surface area contributed by atoms with Crippen molar-refractivity contribution in [3.05, 3.63) is 70.2 Å². The highest BCUT2D eigenvalue weighted by Gasteiger charge is 2.33. The summed E-state index contributed by atoms with van der Waals surface area (Å²) in [6.45, 7) is 5.94. The van der Waals surface area contributed by atoms with Crippen LogP contribution in [0.2, 0.25) is 0 Å². The average Bonchev–Trinajstić information content (AvgIpc) is 3.73. The zero-order chi connectivity index (χ0) is 30.8. The summed E-state index contributed by atoms with van der Waals surface area (Å²) in [7, 11) is 0. The van der Waals surface area contributed by atoms with Crippen LogP contribution in [0.5, 0.6) is 0 Å². The molecule has 3 aliphatic rings. The number of halogens is 2. The first-order valence-electron chi connectivity index (χ1n) is 13.7. The largest absolute Gasteiger partial charge is 0.477 e. The van der Waals surface area contributed by atoms with Crippen molar-refractivity contribution in [1.82, 2.24) is 19.4 Å². The lowest BCUT2D eigenvalue weighted by Crippen LogP contribution is -2.47. The number of cyclic esters (lactones) is 1. The monoisotopic (exact) mass is 598 g/mol. The van der Waals surface area contributed by atoms with Gasteiger partial charge in [0.05, 0.1) is 18.5 Å². The second-order valence-electron chi connectivity index (χ2n) is 10.6. The Kier molecular flexibility index (Phi) is 8.43. The van der Waals surface area contributed by atoms with Crippen LogP contribution in [-0.4, -0.2) is 94.4 Å². The number of fused-ring (bicyclic) bond motifs is 1. The van der Waals surface area contributed by atoms with Crippen molar-refractivity contribution in [1.29, 1.82) is 0 Å². The number of hydrogen-bond acceptors (Lipinski definition) is 8. The Bertz CT molecular complexity index is 1600. The van der Waals surface area contributed by atoms with Gasteiger partial charge in [-0.15, -0.1) is 0 Å². The number of rotatable bonds is 10. The van der Waals surface area contributed by atoms with E-state index in [1.54, 1.807) is 21.6 Å². The molecule has 228 valence electrons. The molecule has 0 unspecified atom stereocenters. The Labute approximate surface area is 245 Å². The molecule has 13 nitrogen and oxygen atoms in total. The molecule has 15 heteroatoms. The highest BCUT2D eigenvalue weighted by Crippen LogP contribution is 2.37. The van der Waals surface area contributed by atoms with Crippen molar-refractivity contribution in [2.24, 2.45) is 16.5 Å². The van der Waals surface area contributed by atoms with E-state index in [0.29, 0.717) is 32.7 Å². The lowest BCUT2D eigenvalue weighted by molar-refractivity contribution is 0.0694. The highest BCUT2D eigenvalue weighted by molar-refractivity contribution is 5.92. The molecule has 0 aromatic carbocycles. The van der Waals surface area contributed by atoms with Crippen molar-refractivity contribution < 1.29 is 28.2 Å². The summed E-state index contributed by atoms with van der Waals surface area (Å²) in [5.41, 5.74) is 10.1. The third-order valence-corrected chi connectivity index (χ3v) is 7.40. The Morgan fingerprint density at radius 3 is 2.58 bits per heavy atom. The van der Waals surface area contributed by atoms with E-state index in [0.717, 1.165) is 25.0 Å². The molecule has 2 saturated heterocycles. The number of allylic oxidation sites excluding steroid dienone is 3. The Balaban J connectivity index is 1.25. The van der Waals surface area contributed by atoms with E-state index in [4.69, 9.17) is 16.2 Å². The summed E-state index contributed by atoms with van der Waals surface area (Å²) in [6, 6.07) is 1.11. The number of carbonyl (C=O) groups is 2. The van der Waals surface area contributed by atoms with E-state index in [1.807, 2.05) is 0 Å². The first-order valence-corrected chi connectivity index (χ1v) is 13.7. The minimum Gasteiger partial charge on any atom is -0.477 e. The standard InChI is InChI=1S/C28H32F2N8O5/c1-16(29)11-18(38-14-19(43-28(38)42)13-33-27(31)32)3-2-6-35-7-9-36(10-8-35)25-22(30)12-20-23(39)21(26(40)41)15-37(17-4-5-17)24(20)34-25/h2-3,11-12,15,17,19H,1,4-10,13-14H2,(H,40,41)(H4,31,32,33)/b3-2-,18-11+/t19-/m0/s1. The number of aliphatic imine (C=N–C) groups is 1. The molecular formula is C28H32F2N8O5. The van der Waals surface area contributed by atoms with Crippen LogP contribution in [0, 0.1) is 5.82 Å². The molecule has 2 aliphatic heterocycles. The topological polar surface area (TPSA) is 173 Å². The summed E-state index contributed by atoms with van der Waals surface area (Å²) >= 11 is 0. The lowest BCUT2D eigenvalue weighted by Gasteiger charge is -2.35. The number of aromatic carboxylic acids is 1. The smallest absolute Gasteiger partial charge is 0.414 e. The molecule has 0 radical (unpaired) electrons. The lowest BCUT2D eigenvalue weighted by atomic mass is 10.1. The van der Waals surface area contributed by atoms with Gasteiger partial charge < -0.3 is 30.8 Å². The number of carboxylic acid groups (broad SMARTS) is 1. The maximum absolute atomic E-state index is 15.2. The molecule has 1 aliphatic carbocycles. The van der Waals surface area contributed by atoms with E-state index >= 15 is 4.39 Å². The van der Waals surface area contributed by atoms with E-state index in [2.05, 4.69) is 21.5 Å². The number of carboxylic acids is 1.